The molecule has 0 spiro atoms. The maximum Gasteiger partial charge on any atom is 0.305 e. The lowest BCUT2D eigenvalue weighted by Crippen LogP contribution is -2.35. The van der Waals surface area contributed by atoms with E-state index in [1.165, 1.54) is 57.8 Å². The largest absolute Gasteiger partial charge is 0.466 e. The fourth-order valence-electron chi connectivity index (χ4n) is 6.07. The van der Waals surface area contributed by atoms with Gasteiger partial charge in [0.1, 0.15) is 0 Å². The third kappa shape index (κ3) is 10.1. The molecule has 1 N–H and O–H groups in total. The van der Waals surface area contributed by atoms with E-state index in [4.69, 9.17) is 4.74 Å². The lowest BCUT2D eigenvalue weighted by Gasteiger charge is -2.29. The van der Waals surface area contributed by atoms with Gasteiger partial charge in [0.05, 0.1) is 11.5 Å². The van der Waals surface area contributed by atoms with Gasteiger partial charge >= 0.3 is 5.97 Å². The number of unbranched alkanes of at least 4 members (excludes halogenated alkanes) is 8. The zero-order chi connectivity index (χ0) is 26.5. The van der Waals surface area contributed by atoms with Crippen LogP contribution >= 0.6 is 15.9 Å². The number of fused-ring (bicyclic) bond motifs is 2. The van der Waals surface area contributed by atoms with Crippen LogP contribution in [-0.2, 0) is 19.6 Å². The van der Waals surface area contributed by atoms with Gasteiger partial charge in [0.15, 0.2) is 0 Å². The summed E-state index contributed by atoms with van der Waals surface area (Å²) in [6.07, 6.45) is 20.2. The van der Waals surface area contributed by atoms with Crippen molar-refractivity contribution in [1.82, 2.24) is 4.72 Å². The summed E-state index contributed by atoms with van der Waals surface area (Å²) in [6.45, 7) is 3.27. The van der Waals surface area contributed by atoms with Crippen LogP contribution in [0.15, 0.2) is 45.8 Å². The lowest BCUT2D eigenvalue weighted by atomic mass is 9.79. The van der Waals surface area contributed by atoms with Crippen LogP contribution in [0.5, 0.6) is 0 Å². The fraction of sp³-hybridized carbons (Fsp3) is 0.700. The molecule has 1 aromatic rings. The molecule has 0 heterocycles. The number of hydrogen-bond donors (Lipinski definition) is 1. The van der Waals surface area contributed by atoms with Gasteiger partial charge in [-0.2, -0.15) is 0 Å². The zero-order valence-electron chi connectivity index (χ0n) is 22.5. The van der Waals surface area contributed by atoms with Gasteiger partial charge in [0, 0.05) is 17.4 Å². The fourth-order valence-corrected chi connectivity index (χ4v) is 7.41. The molecule has 208 valence electrons. The van der Waals surface area contributed by atoms with Gasteiger partial charge in [-0.3, -0.25) is 4.79 Å². The van der Waals surface area contributed by atoms with Crippen LogP contribution in [0.1, 0.15) is 96.8 Å². The van der Waals surface area contributed by atoms with E-state index in [-0.39, 0.29) is 5.97 Å². The number of halogens is 1. The molecule has 1 aromatic carbocycles. The average Bonchev–Trinajstić information content (AvgIpc) is 3.48. The van der Waals surface area contributed by atoms with E-state index in [0.717, 1.165) is 30.2 Å². The van der Waals surface area contributed by atoms with E-state index in [1.54, 1.807) is 24.3 Å². The number of ether oxygens (including phenoxy) is 1. The van der Waals surface area contributed by atoms with Gasteiger partial charge in [-0.05, 0) is 86.5 Å². The van der Waals surface area contributed by atoms with E-state index in [2.05, 4.69) is 39.7 Å². The van der Waals surface area contributed by atoms with Gasteiger partial charge in [-0.1, -0.05) is 80.0 Å². The molecule has 7 heteroatoms. The minimum Gasteiger partial charge on any atom is -0.466 e. The van der Waals surface area contributed by atoms with Crippen molar-refractivity contribution in [2.24, 2.45) is 23.7 Å². The molecule has 2 fully saturated rings. The molecular formula is C30H46BrNO4S. The first-order chi connectivity index (χ1) is 17.9. The zero-order valence-corrected chi connectivity index (χ0v) is 24.9. The summed E-state index contributed by atoms with van der Waals surface area (Å²) >= 11 is 3.36. The Balaban J connectivity index is 1.31. The Labute approximate surface area is 233 Å². The molecule has 0 amide bonds. The number of sulfonamides is 1. The van der Waals surface area contributed by atoms with Gasteiger partial charge in [-0.25, -0.2) is 13.1 Å². The number of benzene rings is 1. The average molecular weight is 597 g/mol. The molecule has 0 radical (unpaired) electrons. The second kappa shape index (κ2) is 16.0. The third-order valence-corrected chi connectivity index (χ3v) is 10.1. The maximum absolute atomic E-state index is 12.8. The maximum atomic E-state index is 12.8. The van der Waals surface area contributed by atoms with Crippen LogP contribution in [0.2, 0.25) is 0 Å². The predicted octanol–water partition coefficient (Wildman–Crippen LogP) is 7.80. The standard InChI is InChI=1S/C30H46BrNO4S/c1-2-3-4-5-6-7-8-12-21-36-30(33)14-11-9-10-13-28-24-15-16-25(22-24)29(28)23-32-37(34,35)27-19-17-26(31)18-20-27/h10,13,17-20,24-25,28-29,32H,2-9,11-12,14-16,21-23H2,1H3/b13-10+/t24-,25+,28+,29-/m0/s1. The van der Waals surface area contributed by atoms with Gasteiger partial charge < -0.3 is 4.74 Å². The lowest BCUT2D eigenvalue weighted by molar-refractivity contribution is -0.143. The van der Waals surface area contributed by atoms with Gasteiger partial charge in [-0.15, -0.1) is 0 Å². The SMILES string of the molecule is CCCCCCCCCCOC(=O)CCC/C=C/[C@@H]1[C@H]2CC[C@H](C2)[C@@H]1CNS(=O)(=O)c1ccc(Br)cc1. The molecule has 2 bridgehead atoms. The Bertz CT molecular complexity index is 947. The molecule has 0 aliphatic heterocycles. The summed E-state index contributed by atoms with van der Waals surface area (Å²) in [5, 5.41) is 0. The van der Waals surface area contributed by atoms with Crippen molar-refractivity contribution in [3.63, 3.8) is 0 Å². The molecule has 2 saturated carbocycles. The monoisotopic (exact) mass is 595 g/mol. The second-order valence-electron chi connectivity index (χ2n) is 10.9. The van der Waals surface area contributed by atoms with Crippen molar-refractivity contribution in [1.29, 1.82) is 0 Å². The normalized spacial score (nSPS) is 23.2. The van der Waals surface area contributed by atoms with Crippen LogP contribution in [0.3, 0.4) is 0 Å². The van der Waals surface area contributed by atoms with Gasteiger partial charge in [0.25, 0.3) is 0 Å². The number of carbonyl (C=O) groups is 1. The molecule has 4 atom stereocenters. The van der Waals surface area contributed by atoms with Crippen molar-refractivity contribution < 1.29 is 17.9 Å². The summed E-state index contributed by atoms with van der Waals surface area (Å²) in [6, 6.07) is 6.77. The highest BCUT2D eigenvalue weighted by atomic mass is 79.9. The number of esters is 1. The highest BCUT2D eigenvalue weighted by Crippen LogP contribution is 2.52. The molecule has 0 unspecified atom stereocenters. The molecule has 2 aliphatic carbocycles. The Morgan fingerprint density at radius 2 is 1.68 bits per heavy atom. The van der Waals surface area contributed by atoms with Crippen LogP contribution in [0.25, 0.3) is 0 Å². The quantitative estimate of drug-likeness (QED) is 0.107. The summed E-state index contributed by atoms with van der Waals surface area (Å²) in [5.74, 6) is 1.92. The highest BCUT2D eigenvalue weighted by Gasteiger charge is 2.46. The van der Waals surface area contributed by atoms with E-state index >= 15 is 0 Å². The second-order valence-corrected chi connectivity index (χ2v) is 13.6. The third-order valence-electron chi connectivity index (χ3n) is 8.16. The van der Waals surface area contributed by atoms with Crippen LogP contribution in [0, 0.1) is 23.7 Å². The Kier molecular flexibility index (Phi) is 13.2. The molecule has 3 rings (SSSR count). The van der Waals surface area contributed by atoms with Crippen molar-refractivity contribution >= 4 is 31.9 Å². The predicted molar refractivity (Wildman–Crippen MR) is 154 cm³/mol. The summed E-state index contributed by atoms with van der Waals surface area (Å²) < 4.78 is 34.7. The molecule has 0 aromatic heterocycles. The number of hydrogen-bond acceptors (Lipinski definition) is 4. The van der Waals surface area contributed by atoms with E-state index < -0.39 is 10.0 Å². The van der Waals surface area contributed by atoms with E-state index in [9.17, 15) is 13.2 Å². The number of carbonyl (C=O) groups excluding carboxylic acids is 1. The minimum absolute atomic E-state index is 0.0866. The van der Waals surface area contributed by atoms with Crippen molar-refractivity contribution in [3.05, 3.63) is 40.9 Å². The molecule has 0 saturated heterocycles. The number of allylic oxidation sites excluding steroid dienone is 2. The molecule has 37 heavy (non-hydrogen) atoms. The van der Waals surface area contributed by atoms with Crippen LogP contribution in [0.4, 0.5) is 0 Å². The summed E-state index contributed by atoms with van der Waals surface area (Å²) in [5.41, 5.74) is 0. The summed E-state index contributed by atoms with van der Waals surface area (Å²) in [4.78, 5) is 12.3. The first kappa shape index (κ1) is 30.4. The Morgan fingerprint density at radius 1 is 1.00 bits per heavy atom. The highest BCUT2D eigenvalue weighted by molar-refractivity contribution is 9.10. The number of nitrogens with one attached hydrogen (secondary N) is 1. The smallest absolute Gasteiger partial charge is 0.305 e. The van der Waals surface area contributed by atoms with Crippen molar-refractivity contribution in [2.75, 3.05) is 13.2 Å². The summed E-state index contributed by atoms with van der Waals surface area (Å²) in [7, 11) is -3.51. The molecular weight excluding hydrogens is 550 g/mol. The van der Waals surface area contributed by atoms with Crippen molar-refractivity contribution in [2.45, 2.75) is 102 Å². The first-order valence-electron chi connectivity index (χ1n) is 14.5. The Morgan fingerprint density at radius 3 is 2.41 bits per heavy atom. The van der Waals surface area contributed by atoms with Crippen LogP contribution in [-0.4, -0.2) is 27.5 Å². The molecule has 2 aliphatic rings. The van der Waals surface area contributed by atoms with E-state index in [1.807, 2.05) is 0 Å². The first-order valence-corrected chi connectivity index (χ1v) is 16.8. The molecule has 5 nitrogen and oxygen atoms in total. The minimum atomic E-state index is -3.51. The van der Waals surface area contributed by atoms with Crippen LogP contribution < -0.4 is 4.72 Å². The Hall–Kier alpha value is -1.18. The van der Waals surface area contributed by atoms with Gasteiger partial charge in [0.2, 0.25) is 10.0 Å². The number of rotatable bonds is 18. The van der Waals surface area contributed by atoms with Crippen molar-refractivity contribution in [3.8, 4) is 0 Å². The topological polar surface area (TPSA) is 72.5 Å². The van der Waals surface area contributed by atoms with E-state index in [0.29, 0.717) is 48.1 Å².